The Bertz CT molecular complexity index is 538. The second-order valence-electron chi connectivity index (χ2n) is 5.14. The molecule has 2 rings (SSSR count). The first kappa shape index (κ1) is 17.1. The normalized spacial score (nSPS) is 15.5. The van der Waals surface area contributed by atoms with Crippen LogP contribution >= 0.6 is 23.2 Å². The van der Waals surface area contributed by atoms with Gasteiger partial charge in [0, 0.05) is 29.3 Å². The molecule has 0 aliphatic carbocycles. The Labute approximate surface area is 138 Å². The Hall–Kier alpha value is -1.30. The Morgan fingerprint density at radius 1 is 1.23 bits per heavy atom. The number of hydrogen-bond donors (Lipinski definition) is 1. The fourth-order valence-corrected chi connectivity index (χ4v) is 3.05. The van der Waals surface area contributed by atoms with Crippen molar-refractivity contribution in [3.63, 3.8) is 0 Å². The van der Waals surface area contributed by atoms with Crippen LogP contribution in [0.4, 0.5) is 0 Å². The fraction of sp³-hybridized carbons (Fsp3) is 0.467. The van der Waals surface area contributed by atoms with Crippen molar-refractivity contribution in [3.05, 3.63) is 33.8 Å². The van der Waals surface area contributed by atoms with Crippen LogP contribution in [-0.4, -0.2) is 47.7 Å². The smallest absolute Gasteiger partial charge is 0.323 e. The minimum absolute atomic E-state index is 0.0108. The number of halogens is 2. The highest BCUT2D eigenvalue weighted by Crippen LogP contribution is 2.26. The number of ether oxygens (including phenoxy) is 1. The quantitative estimate of drug-likeness (QED) is 0.890. The van der Waals surface area contributed by atoms with E-state index in [9.17, 15) is 9.59 Å². The molecule has 120 valence electrons. The van der Waals surface area contributed by atoms with Gasteiger partial charge in [0.05, 0.1) is 6.42 Å². The summed E-state index contributed by atoms with van der Waals surface area (Å²) in [5.41, 5.74) is 0.526. The molecular formula is C15H17Cl2NO4. The zero-order valence-electron chi connectivity index (χ0n) is 11.9. The Morgan fingerprint density at radius 3 is 2.36 bits per heavy atom. The largest absolute Gasteiger partial charge is 0.480 e. The maximum absolute atomic E-state index is 12.6. The van der Waals surface area contributed by atoms with Crippen LogP contribution in [0.2, 0.25) is 10.0 Å². The molecule has 1 aliphatic rings. The van der Waals surface area contributed by atoms with Crippen molar-refractivity contribution >= 4 is 35.1 Å². The molecule has 1 aliphatic heterocycles. The minimum Gasteiger partial charge on any atom is -0.480 e. The van der Waals surface area contributed by atoms with Gasteiger partial charge in [0.25, 0.3) is 0 Å². The van der Waals surface area contributed by atoms with E-state index in [4.69, 9.17) is 33.0 Å². The van der Waals surface area contributed by atoms with Crippen LogP contribution in [-0.2, 0) is 20.7 Å². The summed E-state index contributed by atoms with van der Waals surface area (Å²) in [5.74, 6) is -1.32. The van der Waals surface area contributed by atoms with Crippen LogP contribution in [0.1, 0.15) is 18.4 Å². The van der Waals surface area contributed by atoms with Gasteiger partial charge in [-0.05, 0) is 30.5 Å². The third-order valence-corrected chi connectivity index (χ3v) is 4.36. The molecular weight excluding hydrogens is 329 g/mol. The first-order valence-electron chi connectivity index (χ1n) is 7.01. The zero-order valence-corrected chi connectivity index (χ0v) is 13.4. The Balaban J connectivity index is 2.16. The summed E-state index contributed by atoms with van der Waals surface area (Å²) in [7, 11) is 0. The van der Waals surface area contributed by atoms with E-state index in [2.05, 4.69) is 0 Å². The van der Waals surface area contributed by atoms with Crippen molar-refractivity contribution in [1.29, 1.82) is 0 Å². The molecule has 7 heteroatoms. The van der Waals surface area contributed by atoms with E-state index < -0.39 is 5.97 Å². The van der Waals surface area contributed by atoms with Crippen LogP contribution < -0.4 is 0 Å². The number of aliphatic carboxylic acids is 1. The molecule has 1 amide bonds. The molecule has 1 aromatic carbocycles. The SMILES string of the molecule is O=C(O)CN(C(=O)Cc1c(Cl)cccc1Cl)C1CCOCC1. The summed E-state index contributed by atoms with van der Waals surface area (Å²) in [4.78, 5) is 25.0. The molecule has 1 N–H and O–H groups in total. The number of amides is 1. The topological polar surface area (TPSA) is 66.8 Å². The number of carbonyl (C=O) groups is 2. The summed E-state index contributed by atoms with van der Waals surface area (Å²) in [6, 6.07) is 4.89. The van der Waals surface area contributed by atoms with Crippen molar-refractivity contribution in [1.82, 2.24) is 4.90 Å². The van der Waals surface area contributed by atoms with Crippen LogP contribution in [0.25, 0.3) is 0 Å². The number of benzene rings is 1. The number of nitrogens with zero attached hydrogens (tertiary/aromatic N) is 1. The molecule has 1 heterocycles. The molecule has 1 fully saturated rings. The van der Waals surface area contributed by atoms with E-state index in [1.54, 1.807) is 18.2 Å². The van der Waals surface area contributed by atoms with E-state index in [0.717, 1.165) is 0 Å². The van der Waals surface area contributed by atoms with Crippen LogP contribution in [0.5, 0.6) is 0 Å². The van der Waals surface area contributed by atoms with Gasteiger partial charge < -0.3 is 14.7 Å². The van der Waals surface area contributed by atoms with Crippen molar-refractivity contribution < 1.29 is 19.4 Å². The zero-order chi connectivity index (χ0) is 16.1. The van der Waals surface area contributed by atoms with Crippen LogP contribution in [0, 0.1) is 0 Å². The summed E-state index contributed by atoms with van der Waals surface area (Å²) < 4.78 is 5.26. The highest BCUT2D eigenvalue weighted by Gasteiger charge is 2.28. The van der Waals surface area contributed by atoms with Gasteiger partial charge in [-0.3, -0.25) is 9.59 Å². The van der Waals surface area contributed by atoms with Crippen molar-refractivity contribution in [2.75, 3.05) is 19.8 Å². The lowest BCUT2D eigenvalue weighted by Crippen LogP contribution is -2.46. The lowest BCUT2D eigenvalue weighted by Gasteiger charge is -2.33. The summed E-state index contributed by atoms with van der Waals surface area (Å²) >= 11 is 12.2. The second-order valence-corrected chi connectivity index (χ2v) is 5.95. The van der Waals surface area contributed by atoms with Gasteiger partial charge in [-0.25, -0.2) is 0 Å². The monoisotopic (exact) mass is 345 g/mol. The molecule has 0 saturated carbocycles. The fourth-order valence-electron chi connectivity index (χ4n) is 2.52. The molecule has 1 saturated heterocycles. The van der Waals surface area contributed by atoms with Gasteiger partial charge in [0.1, 0.15) is 6.54 Å². The summed E-state index contributed by atoms with van der Waals surface area (Å²) in [5, 5.41) is 9.87. The van der Waals surface area contributed by atoms with E-state index >= 15 is 0 Å². The summed E-state index contributed by atoms with van der Waals surface area (Å²) in [6.45, 7) is 0.730. The molecule has 22 heavy (non-hydrogen) atoms. The van der Waals surface area contributed by atoms with Gasteiger partial charge in [-0.2, -0.15) is 0 Å². The standard InChI is InChI=1S/C15H17Cl2NO4/c16-12-2-1-3-13(17)11(12)8-14(19)18(9-15(20)21)10-4-6-22-7-5-10/h1-3,10H,4-9H2,(H,20,21). The number of carbonyl (C=O) groups excluding carboxylic acids is 1. The second kappa shape index (κ2) is 7.81. The highest BCUT2D eigenvalue weighted by atomic mass is 35.5. The minimum atomic E-state index is -1.04. The number of carboxylic acids is 1. The van der Waals surface area contributed by atoms with Crippen LogP contribution in [0.3, 0.4) is 0 Å². The molecule has 0 aromatic heterocycles. The average molecular weight is 346 g/mol. The van der Waals surface area contributed by atoms with E-state index in [-0.39, 0.29) is 24.9 Å². The van der Waals surface area contributed by atoms with Crippen molar-refractivity contribution in [2.24, 2.45) is 0 Å². The van der Waals surface area contributed by atoms with Crippen molar-refractivity contribution in [2.45, 2.75) is 25.3 Å². The van der Waals surface area contributed by atoms with Gasteiger partial charge >= 0.3 is 5.97 Å². The van der Waals surface area contributed by atoms with Gasteiger partial charge in [0.2, 0.25) is 5.91 Å². The third kappa shape index (κ3) is 4.35. The highest BCUT2D eigenvalue weighted by molar-refractivity contribution is 6.36. The molecule has 0 radical (unpaired) electrons. The predicted molar refractivity (Wildman–Crippen MR) is 83.4 cm³/mol. The van der Waals surface area contributed by atoms with E-state index in [1.165, 1.54) is 4.90 Å². The first-order chi connectivity index (χ1) is 10.5. The molecule has 1 aromatic rings. The number of rotatable bonds is 5. The number of carboxylic acid groups (broad SMARTS) is 1. The van der Waals surface area contributed by atoms with Crippen molar-refractivity contribution in [3.8, 4) is 0 Å². The first-order valence-corrected chi connectivity index (χ1v) is 7.76. The van der Waals surface area contributed by atoms with Gasteiger partial charge in [0.15, 0.2) is 0 Å². The molecule has 0 unspecified atom stereocenters. The summed E-state index contributed by atoms with van der Waals surface area (Å²) in [6.07, 6.45) is 1.26. The van der Waals surface area contributed by atoms with Gasteiger partial charge in [-0.15, -0.1) is 0 Å². The van der Waals surface area contributed by atoms with Crippen LogP contribution in [0.15, 0.2) is 18.2 Å². The lowest BCUT2D eigenvalue weighted by atomic mass is 10.0. The Kier molecular flexibility index (Phi) is 6.06. The molecule has 0 bridgehead atoms. The maximum atomic E-state index is 12.6. The average Bonchev–Trinajstić information content (AvgIpc) is 2.49. The maximum Gasteiger partial charge on any atom is 0.323 e. The predicted octanol–water partition coefficient (Wildman–Crippen LogP) is 2.63. The van der Waals surface area contributed by atoms with Gasteiger partial charge in [-0.1, -0.05) is 29.3 Å². The van der Waals surface area contributed by atoms with E-state index in [0.29, 0.717) is 41.7 Å². The Morgan fingerprint density at radius 2 is 1.82 bits per heavy atom. The van der Waals surface area contributed by atoms with E-state index in [1.807, 2.05) is 0 Å². The lowest BCUT2D eigenvalue weighted by molar-refractivity contribution is -0.147. The molecule has 0 spiro atoms. The number of hydrogen-bond acceptors (Lipinski definition) is 3. The molecule has 0 atom stereocenters. The molecule has 5 nitrogen and oxygen atoms in total. The third-order valence-electron chi connectivity index (χ3n) is 3.65.